The molecule has 5 nitrogen and oxygen atoms in total. The van der Waals surface area contributed by atoms with Crippen LogP contribution in [0.4, 0.5) is 5.69 Å². The minimum absolute atomic E-state index is 0.0706. The number of ether oxygens (including phenoxy) is 1. The molecular weight excluding hydrogens is 424 g/mol. The van der Waals surface area contributed by atoms with Gasteiger partial charge in [0.1, 0.15) is 0 Å². The third kappa shape index (κ3) is 6.73. The molecule has 6 heteroatoms. The van der Waals surface area contributed by atoms with E-state index in [2.05, 4.69) is 16.3 Å². The van der Waals surface area contributed by atoms with Crippen LogP contribution in [-0.4, -0.2) is 32.1 Å². The summed E-state index contributed by atoms with van der Waals surface area (Å²) in [6.07, 6.45) is 7.77. The van der Waals surface area contributed by atoms with E-state index >= 15 is 0 Å². The van der Waals surface area contributed by atoms with E-state index in [4.69, 9.17) is 16.3 Å². The summed E-state index contributed by atoms with van der Waals surface area (Å²) in [7, 11) is 1.35. The van der Waals surface area contributed by atoms with Crippen LogP contribution < -0.4 is 10.2 Å². The first-order valence-electron chi connectivity index (χ1n) is 11.5. The monoisotopic (exact) mass is 456 g/mol. The molecule has 1 heterocycles. The maximum Gasteiger partial charge on any atom is 0.337 e. The Morgan fingerprint density at radius 2 is 1.62 bits per heavy atom. The molecule has 0 bridgehead atoms. The Labute approximate surface area is 196 Å². The van der Waals surface area contributed by atoms with Gasteiger partial charge in [-0.15, -0.1) is 0 Å². The first-order chi connectivity index (χ1) is 15.5. The predicted molar refractivity (Wildman–Crippen MR) is 129 cm³/mol. The van der Waals surface area contributed by atoms with Gasteiger partial charge >= 0.3 is 5.97 Å². The fourth-order valence-electron chi connectivity index (χ4n) is 4.26. The summed E-state index contributed by atoms with van der Waals surface area (Å²) in [4.78, 5) is 26.8. The largest absolute Gasteiger partial charge is 0.465 e. The molecule has 1 aliphatic heterocycles. The highest BCUT2D eigenvalue weighted by atomic mass is 35.5. The quantitative estimate of drug-likeness (QED) is 0.566. The van der Waals surface area contributed by atoms with Crippen LogP contribution in [0.25, 0.3) is 0 Å². The molecule has 3 rings (SSSR count). The van der Waals surface area contributed by atoms with Crippen LogP contribution in [-0.2, 0) is 16.0 Å². The summed E-state index contributed by atoms with van der Waals surface area (Å²) in [5.41, 5.74) is 3.52. The number of amides is 1. The number of esters is 1. The van der Waals surface area contributed by atoms with Gasteiger partial charge in [0.25, 0.3) is 0 Å². The average molecular weight is 457 g/mol. The second kappa shape index (κ2) is 11.9. The summed E-state index contributed by atoms with van der Waals surface area (Å²) in [6, 6.07) is 12.7. The van der Waals surface area contributed by atoms with Crippen LogP contribution in [0.3, 0.4) is 0 Å². The minimum Gasteiger partial charge on any atom is -0.465 e. The predicted octanol–water partition coefficient (Wildman–Crippen LogP) is 5.71. The highest BCUT2D eigenvalue weighted by molar-refractivity contribution is 6.30. The summed E-state index contributed by atoms with van der Waals surface area (Å²) >= 11 is 6.33. The standard InChI is InChI=1S/C26H33ClN2O3/c1-19(28-25(30)17-20-9-11-21(12-10-20)26(31)32-2)23-18-22(27)13-14-24(23)29-15-7-5-3-4-6-8-16-29/h9-14,18-19H,3-8,15-17H2,1-2H3,(H,28,30). The molecule has 172 valence electrons. The molecule has 0 aliphatic carbocycles. The molecule has 32 heavy (non-hydrogen) atoms. The lowest BCUT2D eigenvalue weighted by Crippen LogP contribution is -2.31. The van der Waals surface area contributed by atoms with Crippen molar-refractivity contribution < 1.29 is 14.3 Å². The normalized spacial score (nSPS) is 15.8. The Balaban J connectivity index is 1.69. The van der Waals surface area contributed by atoms with Crippen molar-refractivity contribution in [2.75, 3.05) is 25.1 Å². The van der Waals surface area contributed by atoms with E-state index in [-0.39, 0.29) is 24.3 Å². The summed E-state index contributed by atoms with van der Waals surface area (Å²) in [6.45, 7) is 4.06. The number of methoxy groups -OCH3 is 1. The number of carbonyl (C=O) groups excluding carboxylic acids is 2. The van der Waals surface area contributed by atoms with Gasteiger partial charge in [-0.05, 0) is 61.2 Å². The molecule has 2 aromatic carbocycles. The third-order valence-corrected chi connectivity index (χ3v) is 6.26. The van der Waals surface area contributed by atoms with Crippen molar-refractivity contribution in [3.63, 3.8) is 0 Å². The Kier molecular flexibility index (Phi) is 8.98. The highest BCUT2D eigenvalue weighted by Crippen LogP contribution is 2.31. The number of rotatable bonds is 6. The first-order valence-corrected chi connectivity index (χ1v) is 11.9. The first kappa shape index (κ1) is 24.1. The number of halogens is 1. The van der Waals surface area contributed by atoms with E-state index < -0.39 is 0 Å². The average Bonchev–Trinajstić information content (AvgIpc) is 2.93. The lowest BCUT2D eigenvalue weighted by molar-refractivity contribution is -0.121. The number of hydrogen-bond acceptors (Lipinski definition) is 4. The van der Waals surface area contributed by atoms with Crippen LogP contribution in [0.2, 0.25) is 5.02 Å². The van der Waals surface area contributed by atoms with Crippen molar-refractivity contribution in [3.05, 3.63) is 64.2 Å². The summed E-state index contributed by atoms with van der Waals surface area (Å²) in [5, 5.41) is 3.80. The molecule has 0 aromatic heterocycles. The number of nitrogens with one attached hydrogen (secondary N) is 1. The molecule has 1 amide bonds. The fraction of sp³-hybridized carbons (Fsp3) is 0.462. The van der Waals surface area contributed by atoms with Gasteiger partial charge in [-0.25, -0.2) is 4.79 Å². The van der Waals surface area contributed by atoms with E-state index in [1.165, 1.54) is 45.6 Å². The molecule has 0 spiro atoms. The SMILES string of the molecule is COC(=O)c1ccc(CC(=O)NC(C)c2cc(Cl)ccc2N2CCCCCCCC2)cc1. The molecule has 1 saturated heterocycles. The van der Waals surface area contributed by atoms with E-state index in [0.29, 0.717) is 10.6 Å². The van der Waals surface area contributed by atoms with Crippen molar-refractivity contribution in [1.29, 1.82) is 0 Å². The Hall–Kier alpha value is -2.53. The highest BCUT2D eigenvalue weighted by Gasteiger charge is 2.19. The molecule has 1 unspecified atom stereocenters. The Morgan fingerprint density at radius 1 is 1.00 bits per heavy atom. The van der Waals surface area contributed by atoms with Gasteiger partial charge in [0.15, 0.2) is 0 Å². The zero-order chi connectivity index (χ0) is 22.9. The van der Waals surface area contributed by atoms with E-state index in [0.717, 1.165) is 29.9 Å². The molecule has 1 aliphatic rings. The van der Waals surface area contributed by atoms with Crippen molar-refractivity contribution >= 4 is 29.2 Å². The number of hydrogen-bond donors (Lipinski definition) is 1. The minimum atomic E-state index is -0.386. The van der Waals surface area contributed by atoms with Crippen molar-refractivity contribution in [2.24, 2.45) is 0 Å². The second-order valence-electron chi connectivity index (χ2n) is 8.47. The maximum absolute atomic E-state index is 12.7. The van der Waals surface area contributed by atoms with Crippen molar-refractivity contribution in [1.82, 2.24) is 5.32 Å². The van der Waals surface area contributed by atoms with Gasteiger partial charge < -0.3 is 15.0 Å². The lowest BCUT2D eigenvalue weighted by atomic mass is 10.0. The maximum atomic E-state index is 12.7. The molecule has 2 aromatic rings. The smallest absolute Gasteiger partial charge is 0.337 e. The zero-order valence-electron chi connectivity index (χ0n) is 19.0. The fourth-order valence-corrected chi connectivity index (χ4v) is 4.44. The molecule has 1 atom stereocenters. The van der Waals surface area contributed by atoms with Gasteiger partial charge in [-0.1, -0.05) is 49.4 Å². The number of nitrogens with zero attached hydrogens (tertiary/aromatic N) is 1. The van der Waals surface area contributed by atoms with Crippen molar-refractivity contribution in [2.45, 2.75) is 57.9 Å². The van der Waals surface area contributed by atoms with Crippen LogP contribution >= 0.6 is 11.6 Å². The third-order valence-electron chi connectivity index (χ3n) is 6.02. The molecule has 0 radical (unpaired) electrons. The van der Waals surface area contributed by atoms with Crippen LogP contribution in [0.5, 0.6) is 0 Å². The zero-order valence-corrected chi connectivity index (χ0v) is 19.8. The summed E-state index contributed by atoms with van der Waals surface area (Å²) < 4.78 is 4.72. The molecule has 1 fully saturated rings. The van der Waals surface area contributed by atoms with E-state index in [9.17, 15) is 9.59 Å². The number of carbonyl (C=O) groups is 2. The summed E-state index contributed by atoms with van der Waals surface area (Å²) in [5.74, 6) is -0.457. The topological polar surface area (TPSA) is 58.6 Å². The molecule has 1 N–H and O–H groups in total. The Morgan fingerprint density at radius 3 is 2.25 bits per heavy atom. The van der Waals surface area contributed by atoms with Crippen LogP contribution in [0, 0.1) is 0 Å². The van der Waals surface area contributed by atoms with Gasteiger partial charge in [0.05, 0.1) is 25.1 Å². The van der Waals surface area contributed by atoms with E-state index in [1.807, 2.05) is 19.1 Å². The lowest BCUT2D eigenvalue weighted by Gasteiger charge is -2.29. The van der Waals surface area contributed by atoms with Gasteiger partial charge in [-0.2, -0.15) is 0 Å². The molecule has 0 saturated carbocycles. The number of anilines is 1. The van der Waals surface area contributed by atoms with Gasteiger partial charge in [0, 0.05) is 23.8 Å². The van der Waals surface area contributed by atoms with Gasteiger partial charge in [-0.3, -0.25) is 4.79 Å². The number of benzene rings is 2. The Bertz CT molecular complexity index is 904. The molecular formula is C26H33ClN2O3. The van der Waals surface area contributed by atoms with Gasteiger partial charge in [0.2, 0.25) is 5.91 Å². The van der Waals surface area contributed by atoms with Crippen LogP contribution in [0.1, 0.15) is 73.0 Å². The van der Waals surface area contributed by atoms with Crippen molar-refractivity contribution in [3.8, 4) is 0 Å². The van der Waals surface area contributed by atoms with Crippen LogP contribution in [0.15, 0.2) is 42.5 Å². The van der Waals surface area contributed by atoms with E-state index in [1.54, 1.807) is 24.3 Å². The second-order valence-corrected chi connectivity index (χ2v) is 8.90.